The minimum atomic E-state index is -1.19. The maximum absolute atomic E-state index is 12.1. The molecule has 2 N–H and O–H groups in total. The number of hydrogen-bond acceptors (Lipinski definition) is 2. The standard InChI is InChI=1S/C15H15Cl2NO3/c16-10-7-11(15(20)21)14(12(17)8-10)18-13(19)6-9-4-2-1-3-5-9/h4,7-8H,1-3,5-6H2,(H,18,19)(H,20,21). The van der Waals surface area contributed by atoms with Crippen molar-refractivity contribution in [1.82, 2.24) is 0 Å². The molecule has 0 saturated heterocycles. The van der Waals surface area contributed by atoms with Crippen LogP contribution in [0.15, 0.2) is 23.8 Å². The third-order valence-corrected chi connectivity index (χ3v) is 3.84. The highest BCUT2D eigenvalue weighted by molar-refractivity contribution is 6.37. The van der Waals surface area contributed by atoms with Crippen molar-refractivity contribution in [2.75, 3.05) is 5.32 Å². The van der Waals surface area contributed by atoms with Crippen molar-refractivity contribution in [1.29, 1.82) is 0 Å². The number of benzene rings is 1. The van der Waals surface area contributed by atoms with E-state index in [0.717, 1.165) is 31.3 Å². The summed E-state index contributed by atoms with van der Waals surface area (Å²) >= 11 is 11.8. The van der Waals surface area contributed by atoms with Gasteiger partial charge in [0.05, 0.1) is 16.3 Å². The largest absolute Gasteiger partial charge is 0.478 e. The number of halogens is 2. The molecule has 0 aromatic heterocycles. The van der Waals surface area contributed by atoms with Crippen LogP contribution in [-0.2, 0) is 4.79 Å². The zero-order chi connectivity index (χ0) is 15.4. The molecular weight excluding hydrogens is 313 g/mol. The van der Waals surface area contributed by atoms with Crippen molar-refractivity contribution < 1.29 is 14.7 Å². The predicted molar refractivity (Wildman–Crippen MR) is 83.2 cm³/mol. The molecule has 6 heteroatoms. The van der Waals surface area contributed by atoms with E-state index in [1.54, 1.807) is 0 Å². The summed E-state index contributed by atoms with van der Waals surface area (Å²) in [4.78, 5) is 23.3. The molecule has 0 unspecified atom stereocenters. The van der Waals surface area contributed by atoms with Gasteiger partial charge in [-0.25, -0.2) is 4.79 Å². The average Bonchev–Trinajstić information content (AvgIpc) is 2.42. The van der Waals surface area contributed by atoms with Gasteiger partial charge in [0.1, 0.15) is 0 Å². The lowest BCUT2D eigenvalue weighted by atomic mass is 9.97. The monoisotopic (exact) mass is 327 g/mol. The van der Waals surface area contributed by atoms with E-state index < -0.39 is 5.97 Å². The van der Waals surface area contributed by atoms with Crippen LogP contribution in [0.1, 0.15) is 42.5 Å². The SMILES string of the molecule is O=C(CC1=CCCCC1)Nc1c(Cl)cc(Cl)cc1C(=O)O. The molecule has 0 atom stereocenters. The van der Waals surface area contributed by atoms with Crippen molar-refractivity contribution in [3.8, 4) is 0 Å². The molecule has 2 rings (SSSR count). The maximum atomic E-state index is 12.1. The number of allylic oxidation sites excluding steroid dienone is 1. The number of nitrogens with one attached hydrogen (secondary N) is 1. The first-order valence-electron chi connectivity index (χ1n) is 6.67. The van der Waals surface area contributed by atoms with Crippen molar-refractivity contribution in [3.05, 3.63) is 39.4 Å². The Bertz CT molecular complexity index is 611. The molecule has 0 spiro atoms. The number of hydrogen-bond donors (Lipinski definition) is 2. The van der Waals surface area contributed by atoms with E-state index in [2.05, 4.69) is 11.4 Å². The number of carbonyl (C=O) groups excluding carboxylic acids is 1. The van der Waals surface area contributed by atoms with Crippen LogP contribution in [0.2, 0.25) is 10.0 Å². The van der Waals surface area contributed by atoms with E-state index in [9.17, 15) is 9.59 Å². The summed E-state index contributed by atoms with van der Waals surface area (Å²) in [5.74, 6) is -1.46. The Balaban J connectivity index is 2.16. The van der Waals surface area contributed by atoms with Crippen LogP contribution in [0.25, 0.3) is 0 Å². The molecule has 0 bridgehead atoms. The lowest BCUT2D eigenvalue weighted by Crippen LogP contribution is -2.16. The predicted octanol–water partition coefficient (Wildman–Crippen LogP) is 4.52. The molecule has 0 aliphatic heterocycles. The molecule has 1 aliphatic rings. The lowest BCUT2D eigenvalue weighted by Gasteiger charge is -2.14. The van der Waals surface area contributed by atoms with Crippen LogP contribution in [0, 0.1) is 0 Å². The molecule has 0 fully saturated rings. The summed E-state index contributed by atoms with van der Waals surface area (Å²) in [6.07, 6.45) is 6.47. The van der Waals surface area contributed by atoms with Crippen LogP contribution < -0.4 is 5.32 Å². The Hall–Kier alpha value is -1.52. The summed E-state index contributed by atoms with van der Waals surface area (Å²) in [5, 5.41) is 12.1. The smallest absolute Gasteiger partial charge is 0.337 e. The zero-order valence-corrected chi connectivity index (χ0v) is 12.8. The summed E-state index contributed by atoms with van der Waals surface area (Å²) in [7, 11) is 0. The van der Waals surface area contributed by atoms with Crippen LogP contribution >= 0.6 is 23.2 Å². The number of anilines is 1. The first-order chi connectivity index (χ1) is 9.97. The van der Waals surface area contributed by atoms with Crippen LogP contribution in [0.4, 0.5) is 5.69 Å². The fourth-order valence-corrected chi connectivity index (χ4v) is 2.87. The van der Waals surface area contributed by atoms with Crippen LogP contribution in [0.3, 0.4) is 0 Å². The van der Waals surface area contributed by atoms with Crippen LogP contribution in [0.5, 0.6) is 0 Å². The fraction of sp³-hybridized carbons (Fsp3) is 0.333. The molecule has 1 aliphatic carbocycles. The molecule has 21 heavy (non-hydrogen) atoms. The summed E-state index contributed by atoms with van der Waals surface area (Å²) in [6, 6.07) is 2.68. The molecule has 112 valence electrons. The van der Waals surface area contributed by atoms with E-state index in [1.165, 1.54) is 12.1 Å². The Morgan fingerprint density at radius 3 is 2.62 bits per heavy atom. The molecule has 1 aromatic rings. The van der Waals surface area contributed by atoms with E-state index in [4.69, 9.17) is 28.3 Å². The number of carbonyl (C=O) groups is 2. The highest BCUT2D eigenvalue weighted by atomic mass is 35.5. The van der Waals surface area contributed by atoms with Gasteiger partial charge in [-0.15, -0.1) is 0 Å². The highest BCUT2D eigenvalue weighted by Gasteiger charge is 2.18. The van der Waals surface area contributed by atoms with E-state index >= 15 is 0 Å². The van der Waals surface area contributed by atoms with E-state index in [1.807, 2.05) is 0 Å². The summed E-state index contributed by atoms with van der Waals surface area (Å²) in [5.41, 5.74) is 1.06. The Kier molecular flexibility index (Phi) is 5.26. The molecule has 0 radical (unpaired) electrons. The number of aromatic carboxylic acids is 1. The van der Waals surface area contributed by atoms with Gasteiger partial charge >= 0.3 is 5.97 Å². The molecule has 0 saturated carbocycles. The molecule has 4 nitrogen and oxygen atoms in total. The number of carboxylic acid groups (broad SMARTS) is 1. The Labute approximate surface area is 132 Å². The maximum Gasteiger partial charge on any atom is 0.337 e. The van der Waals surface area contributed by atoms with Gasteiger partial charge in [0.15, 0.2) is 0 Å². The Morgan fingerprint density at radius 2 is 2.00 bits per heavy atom. The second-order valence-corrected chi connectivity index (χ2v) is 5.79. The van der Waals surface area contributed by atoms with Crippen molar-refractivity contribution in [3.63, 3.8) is 0 Å². The van der Waals surface area contributed by atoms with Crippen molar-refractivity contribution in [2.45, 2.75) is 32.1 Å². The summed E-state index contributed by atoms with van der Waals surface area (Å²) < 4.78 is 0. The third-order valence-electron chi connectivity index (χ3n) is 3.32. The number of rotatable bonds is 4. The molecular formula is C15H15Cl2NO3. The number of carboxylic acids is 1. The van der Waals surface area contributed by atoms with E-state index in [0.29, 0.717) is 0 Å². The molecule has 0 heterocycles. The topological polar surface area (TPSA) is 66.4 Å². The zero-order valence-electron chi connectivity index (χ0n) is 11.3. The molecule has 1 aromatic carbocycles. The lowest BCUT2D eigenvalue weighted by molar-refractivity contribution is -0.115. The van der Waals surface area contributed by atoms with Crippen LogP contribution in [-0.4, -0.2) is 17.0 Å². The quantitative estimate of drug-likeness (QED) is 0.799. The fourth-order valence-electron chi connectivity index (χ4n) is 2.32. The van der Waals surface area contributed by atoms with Gasteiger partial charge in [0.25, 0.3) is 0 Å². The minimum absolute atomic E-state index is 0.0926. The first-order valence-corrected chi connectivity index (χ1v) is 7.43. The Morgan fingerprint density at radius 1 is 1.24 bits per heavy atom. The van der Waals surface area contributed by atoms with Gasteiger partial charge in [0.2, 0.25) is 5.91 Å². The van der Waals surface area contributed by atoms with Gasteiger partial charge < -0.3 is 10.4 Å². The second-order valence-electron chi connectivity index (χ2n) is 4.95. The van der Waals surface area contributed by atoms with Gasteiger partial charge in [-0.1, -0.05) is 34.9 Å². The molecule has 1 amide bonds. The van der Waals surface area contributed by atoms with Gasteiger partial charge in [-0.05, 0) is 37.8 Å². The van der Waals surface area contributed by atoms with Gasteiger partial charge in [-0.3, -0.25) is 4.79 Å². The minimum Gasteiger partial charge on any atom is -0.478 e. The normalized spacial score (nSPS) is 14.5. The third kappa shape index (κ3) is 4.22. The van der Waals surface area contributed by atoms with E-state index in [-0.39, 0.29) is 33.6 Å². The first kappa shape index (κ1) is 15.9. The number of amides is 1. The second kappa shape index (κ2) is 6.96. The van der Waals surface area contributed by atoms with Crippen molar-refractivity contribution >= 4 is 40.8 Å². The summed E-state index contributed by atoms with van der Waals surface area (Å²) in [6.45, 7) is 0. The highest BCUT2D eigenvalue weighted by Crippen LogP contribution is 2.31. The van der Waals surface area contributed by atoms with Crippen molar-refractivity contribution in [2.24, 2.45) is 0 Å². The van der Waals surface area contributed by atoms with Gasteiger partial charge in [0, 0.05) is 11.4 Å². The van der Waals surface area contributed by atoms with Gasteiger partial charge in [-0.2, -0.15) is 0 Å². The average molecular weight is 328 g/mol.